The van der Waals surface area contributed by atoms with Gasteiger partial charge in [-0.1, -0.05) is 0 Å². The summed E-state index contributed by atoms with van der Waals surface area (Å²) in [6, 6.07) is 9.74. The van der Waals surface area contributed by atoms with Crippen LogP contribution in [0.1, 0.15) is 5.76 Å². The highest BCUT2D eigenvalue weighted by molar-refractivity contribution is 5.45. The highest BCUT2D eigenvalue weighted by atomic mass is 19.1. The van der Waals surface area contributed by atoms with E-state index in [0.717, 1.165) is 11.4 Å². The number of hydrogen-bond acceptors (Lipinski definition) is 4. The number of likely N-dealkylation sites (N-methyl/N-ethyl adjacent to an activating group) is 1. The average molecular weight is 279 g/mol. The van der Waals surface area contributed by atoms with Crippen LogP contribution in [0.15, 0.2) is 47.1 Å². The minimum atomic E-state index is -0.625. The van der Waals surface area contributed by atoms with Gasteiger partial charge in [-0.2, -0.15) is 0 Å². The van der Waals surface area contributed by atoms with Crippen LogP contribution in [0.25, 0.3) is 0 Å². The zero-order valence-electron chi connectivity index (χ0n) is 11.3. The third-order valence-corrected chi connectivity index (χ3v) is 2.89. The van der Waals surface area contributed by atoms with Crippen LogP contribution in [-0.2, 0) is 11.3 Å². The zero-order chi connectivity index (χ0) is 14.4. The molecule has 1 atom stereocenters. The Balaban J connectivity index is 1.73. The van der Waals surface area contributed by atoms with E-state index in [4.69, 9.17) is 9.15 Å². The summed E-state index contributed by atoms with van der Waals surface area (Å²) in [6.07, 6.45) is 0.956. The lowest BCUT2D eigenvalue weighted by atomic mass is 10.2. The molecule has 0 aliphatic heterocycles. The Hall–Kier alpha value is -1.85. The monoisotopic (exact) mass is 279 g/mol. The molecule has 0 aliphatic carbocycles. The number of ether oxygens (including phenoxy) is 1. The van der Waals surface area contributed by atoms with Crippen molar-refractivity contribution in [2.24, 2.45) is 0 Å². The highest BCUT2D eigenvalue weighted by Crippen LogP contribution is 2.13. The van der Waals surface area contributed by atoms with Gasteiger partial charge in [-0.25, -0.2) is 4.39 Å². The van der Waals surface area contributed by atoms with Gasteiger partial charge in [-0.15, -0.1) is 0 Å². The molecule has 1 N–H and O–H groups in total. The van der Waals surface area contributed by atoms with Crippen LogP contribution in [-0.4, -0.2) is 31.4 Å². The van der Waals surface area contributed by atoms with Crippen molar-refractivity contribution in [3.63, 3.8) is 0 Å². The molecule has 108 valence electrons. The summed E-state index contributed by atoms with van der Waals surface area (Å²) in [7, 11) is 1.84. The minimum Gasteiger partial charge on any atom is -0.467 e. The molecule has 4 nitrogen and oxygen atoms in total. The van der Waals surface area contributed by atoms with Crippen molar-refractivity contribution in [3.8, 4) is 0 Å². The molecule has 1 aromatic heterocycles. The van der Waals surface area contributed by atoms with E-state index in [9.17, 15) is 9.50 Å². The van der Waals surface area contributed by atoms with Crippen molar-refractivity contribution in [2.75, 3.05) is 25.1 Å². The molecule has 0 radical (unpaired) electrons. The summed E-state index contributed by atoms with van der Waals surface area (Å²) in [4.78, 5) is 1.85. The predicted molar refractivity (Wildman–Crippen MR) is 74.0 cm³/mol. The summed E-state index contributed by atoms with van der Waals surface area (Å²) in [5, 5.41) is 9.89. The minimum absolute atomic E-state index is 0.215. The maximum absolute atomic E-state index is 12.8. The van der Waals surface area contributed by atoms with Gasteiger partial charge in [0.1, 0.15) is 18.2 Å². The van der Waals surface area contributed by atoms with Gasteiger partial charge in [0.25, 0.3) is 0 Å². The van der Waals surface area contributed by atoms with Crippen LogP contribution >= 0.6 is 0 Å². The SMILES string of the molecule is CN(CC(O)COCc1ccco1)c1ccc(F)cc1. The number of hydrogen-bond donors (Lipinski definition) is 1. The number of aliphatic hydroxyl groups excluding tert-OH is 1. The third kappa shape index (κ3) is 4.36. The number of benzene rings is 1. The van der Waals surface area contributed by atoms with E-state index < -0.39 is 6.10 Å². The van der Waals surface area contributed by atoms with E-state index in [1.165, 1.54) is 12.1 Å². The van der Waals surface area contributed by atoms with Gasteiger partial charge >= 0.3 is 0 Å². The average Bonchev–Trinajstić information content (AvgIpc) is 2.92. The molecule has 1 heterocycles. The van der Waals surface area contributed by atoms with Crippen LogP contribution < -0.4 is 4.90 Å². The maximum atomic E-state index is 12.8. The first-order chi connectivity index (χ1) is 9.65. The number of nitrogens with zero attached hydrogens (tertiary/aromatic N) is 1. The van der Waals surface area contributed by atoms with Crippen LogP contribution in [0.4, 0.5) is 10.1 Å². The van der Waals surface area contributed by atoms with E-state index >= 15 is 0 Å². The molecular formula is C15H18FNO3. The summed E-state index contributed by atoms with van der Waals surface area (Å²) in [5.41, 5.74) is 0.844. The molecule has 0 amide bonds. The molecule has 0 saturated heterocycles. The molecule has 0 saturated carbocycles. The standard InChI is InChI=1S/C15H18FNO3/c1-17(13-6-4-12(16)5-7-13)9-14(18)10-19-11-15-3-2-8-20-15/h2-8,14,18H,9-11H2,1H3. The molecule has 2 aromatic rings. The largest absolute Gasteiger partial charge is 0.467 e. The number of aliphatic hydroxyl groups is 1. The zero-order valence-corrected chi connectivity index (χ0v) is 11.3. The fourth-order valence-corrected chi connectivity index (χ4v) is 1.86. The maximum Gasteiger partial charge on any atom is 0.129 e. The molecule has 0 aliphatic rings. The van der Waals surface area contributed by atoms with E-state index in [-0.39, 0.29) is 12.4 Å². The van der Waals surface area contributed by atoms with Crippen LogP contribution in [0.5, 0.6) is 0 Å². The topological polar surface area (TPSA) is 45.8 Å². The molecule has 20 heavy (non-hydrogen) atoms. The second kappa shape index (κ2) is 7.07. The Morgan fingerprint density at radius 1 is 1.30 bits per heavy atom. The van der Waals surface area contributed by atoms with Crippen molar-refractivity contribution in [3.05, 3.63) is 54.2 Å². The van der Waals surface area contributed by atoms with Gasteiger partial charge in [0.15, 0.2) is 0 Å². The van der Waals surface area contributed by atoms with Crippen molar-refractivity contribution in [1.82, 2.24) is 0 Å². The molecule has 1 aromatic carbocycles. The second-order valence-corrected chi connectivity index (χ2v) is 4.61. The Morgan fingerprint density at radius 3 is 2.70 bits per heavy atom. The second-order valence-electron chi connectivity index (χ2n) is 4.61. The summed E-state index contributed by atoms with van der Waals surface area (Å²) in [6.45, 7) is 0.959. The molecule has 5 heteroatoms. The number of halogens is 1. The fourth-order valence-electron chi connectivity index (χ4n) is 1.86. The Labute approximate surface area is 117 Å². The molecule has 0 spiro atoms. The third-order valence-electron chi connectivity index (χ3n) is 2.89. The lowest BCUT2D eigenvalue weighted by Gasteiger charge is -2.22. The Kier molecular flexibility index (Phi) is 5.15. The lowest BCUT2D eigenvalue weighted by Crippen LogP contribution is -2.32. The quantitative estimate of drug-likeness (QED) is 0.845. The van der Waals surface area contributed by atoms with Gasteiger partial charge in [0.2, 0.25) is 0 Å². The molecule has 0 bridgehead atoms. The normalized spacial score (nSPS) is 12.3. The number of furan rings is 1. The first kappa shape index (κ1) is 14.6. The van der Waals surface area contributed by atoms with Crippen LogP contribution in [0, 0.1) is 5.82 Å². The smallest absolute Gasteiger partial charge is 0.129 e. The van der Waals surface area contributed by atoms with Crippen LogP contribution in [0.3, 0.4) is 0 Å². The Morgan fingerprint density at radius 2 is 2.05 bits per heavy atom. The van der Waals surface area contributed by atoms with Crippen molar-refractivity contribution in [1.29, 1.82) is 0 Å². The fraction of sp³-hybridized carbons (Fsp3) is 0.333. The molecule has 1 unspecified atom stereocenters. The molecule has 0 fully saturated rings. The predicted octanol–water partition coefficient (Wildman–Crippen LogP) is 2.43. The van der Waals surface area contributed by atoms with Crippen molar-refractivity contribution < 1.29 is 18.7 Å². The Bertz CT molecular complexity index is 498. The van der Waals surface area contributed by atoms with Gasteiger partial charge in [0.05, 0.1) is 19.0 Å². The first-order valence-electron chi connectivity index (χ1n) is 6.40. The molecular weight excluding hydrogens is 261 g/mol. The van der Waals surface area contributed by atoms with E-state index in [2.05, 4.69) is 0 Å². The van der Waals surface area contributed by atoms with Crippen LogP contribution in [0.2, 0.25) is 0 Å². The molecule has 2 rings (SSSR count). The number of rotatable bonds is 7. The van der Waals surface area contributed by atoms with E-state index in [1.807, 2.05) is 18.0 Å². The van der Waals surface area contributed by atoms with Gasteiger partial charge < -0.3 is 19.2 Å². The van der Waals surface area contributed by atoms with Gasteiger partial charge in [0, 0.05) is 19.3 Å². The highest BCUT2D eigenvalue weighted by Gasteiger charge is 2.10. The van der Waals surface area contributed by atoms with Crippen molar-refractivity contribution in [2.45, 2.75) is 12.7 Å². The van der Waals surface area contributed by atoms with E-state index in [1.54, 1.807) is 24.5 Å². The van der Waals surface area contributed by atoms with Gasteiger partial charge in [-0.05, 0) is 36.4 Å². The van der Waals surface area contributed by atoms with E-state index in [0.29, 0.717) is 13.2 Å². The lowest BCUT2D eigenvalue weighted by molar-refractivity contribution is 0.0260. The van der Waals surface area contributed by atoms with Gasteiger partial charge in [-0.3, -0.25) is 0 Å². The summed E-state index contributed by atoms with van der Waals surface area (Å²) in [5.74, 6) is 0.452. The first-order valence-corrected chi connectivity index (χ1v) is 6.40. The number of anilines is 1. The van der Waals surface area contributed by atoms with Crippen molar-refractivity contribution >= 4 is 5.69 Å². The summed E-state index contributed by atoms with van der Waals surface area (Å²) < 4.78 is 23.3. The summed E-state index contributed by atoms with van der Waals surface area (Å²) >= 11 is 0.